The lowest BCUT2D eigenvalue weighted by atomic mass is 9.48. The number of aromatic nitrogens is 2. The molecule has 2 atom stereocenters. The zero-order valence-electron chi connectivity index (χ0n) is 15.8. The quantitative estimate of drug-likeness (QED) is 0.823. The van der Waals surface area contributed by atoms with E-state index in [2.05, 4.69) is 30.2 Å². The van der Waals surface area contributed by atoms with Gasteiger partial charge in [-0.1, -0.05) is 37.6 Å². The fraction of sp³-hybridized carbons (Fsp3) is 0.455. The highest BCUT2D eigenvalue weighted by Crippen LogP contribution is 2.59. The van der Waals surface area contributed by atoms with E-state index in [1.165, 1.54) is 12.8 Å². The van der Waals surface area contributed by atoms with Crippen LogP contribution in [0.15, 0.2) is 48.3 Å². The second-order valence-corrected chi connectivity index (χ2v) is 8.27. The molecule has 2 bridgehead atoms. The number of fused-ring (bicyclic) bond motifs is 1. The molecule has 0 aliphatic heterocycles. The van der Waals surface area contributed by atoms with Gasteiger partial charge >= 0.3 is 0 Å². The summed E-state index contributed by atoms with van der Waals surface area (Å²) in [6.45, 7) is 5.48. The van der Waals surface area contributed by atoms with Gasteiger partial charge in [-0.25, -0.2) is 4.98 Å². The number of benzene rings is 1. The van der Waals surface area contributed by atoms with Crippen LogP contribution >= 0.6 is 0 Å². The van der Waals surface area contributed by atoms with Gasteiger partial charge in [0.2, 0.25) is 0 Å². The molecule has 3 aliphatic rings. The lowest BCUT2D eigenvalue weighted by Gasteiger charge is -2.56. The molecule has 0 radical (unpaired) electrons. The van der Waals surface area contributed by atoms with Gasteiger partial charge in [0.15, 0.2) is 0 Å². The van der Waals surface area contributed by atoms with Gasteiger partial charge in [-0.3, -0.25) is 4.79 Å². The lowest BCUT2D eigenvalue weighted by molar-refractivity contribution is -0.00811. The van der Waals surface area contributed by atoms with Crippen LogP contribution < -0.4 is 5.32 Å². The monoisotopic (exact) mass is 349 g/mol. The van der Waals surface area contributed by atoms with Crippen molar-refractivity contribution in [2.45, 2.75) is 33.1 Å². The number of rotatable bonds is 5. The predicted molar refractivity (Wildman–Crippen MR) is 104 cm³/mol. The molecule has 2 aromatic rings. The van der Waals surface area contributed by atoms with Gasteiger partial charge in [0.25, 0.3) is 5.91 Å². The minimum Gasteiger partial charge on any atom is -0.352 e. The maximum Gasteiger partial charge on any atom is 0.251 e. The van der Waals surface area contributed by atoms with Crippen LogP contribution in [0.3, 0.4) is 0 Å². The van der Waals surface area contributed by atoms with Gasteiger partial charge < -0.3 is 9.88 Å². The second kappa shape index (κ2) is 6.42. The van der Waals surface area contributed by atoms with Crippen LogP contribution in [0.2, 0.25) is 0 Å². The Kier molecular flexibility index (Phi) is 4.22. The Hall–Kier alpha value is -2.36. The van der Waals surface area contributed by atoms with Gasteiger partial charge in [-0.05, 0) is 48.6 Å². The molecule has 1 amide bonds. The summed E-state index contributed by atoms with van der Waals surface area (Å²) in [6, 6.07) is 7.68. The van der Waals surface area contributed by atoms with Crippen molar-refractivity contribution in [3.63, 3.8) is 0 Å². The number of amides is 1. The molecule has 26 heavy (non-hydrogen) atoms. The van der Waals surface area contributed by atoms with Crippen molar-refractivity contribution < 1.29 is 4.79 Å². The third-order valence-electron chi connectivity index (χ3n) is 6.49. The van der Waals surface area contributed by atoms with Gasteiger partial charge in [0.05, 0.1) is 0 Å². The number of allylic oxidation sites excluding steroid dienone is 1. The van der Waals surface area contributed by atoms with Crippen molar-refractivity contribution >= 4 is 5.91 Å². The van der Waals surface area contributed by atoms with Crippen LogP contribution in [0, 0.1) is 17.3 Å². The minimum atomic E-state index is -0.0109. The van der Waals surface area contributed by atoms with E-state index >= 15 is 0 Å². The third-order valence-corrected chi connectivity index (χ3v) is 6.49. The van der Waals surface area contributed by atoms with Crippen LogP contribution in [0.1, 0.15) is 43.5 Å². The SMILES string of the molecule is Cn1ccnc1-c1cccc(C(=O)NCCC2=CC[C@H]3C[C@@H]2C3(C)C)c1. The first-order valence-electron chi connectivity index (χ1n) is 9.51. The summed E-state index contributed by atoms with van der Waals surface area (Å²) in [4.78, 5) is 16.9. The Morgan fingerprint density at radius 2 is 2.23 bits per heavy atom. The fourth-order valence-electron chi connectivity index (χ4n) is 4.62. The van der Waals surface area contributed by atoms with E-state index < -0.39 is 0 Å². The Balaban J connectivity index is 1.37. The number of hydrogen-bond acceptors (Lipinski definition) is 2. The average Bonchev–Trinajstić information content (AvgIpc) is 3.07. The molecule has 3 aliphatic carbocycles. The van der Waals surface area contributed by atoms with E-state index in [0.29, 0.717) is 23.4 Å². The molecule has 0 saturated heterocycles. The van der Waals surface area contributed by atoms with E-state index in [4.69, 9.17) is 0 Å². The fourth-order valence-corrected chi connectivity index (χ4v) is 4.62. The number of carbonyl (C=O) groups excluding carboxylic acids is 1. The van der Waals surface area contributed by atoms with Crippen molar-refractivity contribution in [1.29, 1.82) is 0 Å². The number of nitrogens with one attached hydrogen (secondary N) is 1. The number of aryl methyl sites for hydroxylation is 1. The molecule has 5 rings (SSSR count). The molecular weight excluding hydrogens is 322 g/mol. The summed E-state index contributed by atoms with van der Waals surface area (Å²) in [5.74, 6) is 2.43. The van der Waals surface area contributed by atoms with Crippen LogP contribution in [0.5, 0.6) is 0 Å². The molecule has 0 unspecified atom stereocenters. The molecule has 1 saturated carbocycles. The first-order valence-corrected chi connectivity index (χ1v) is 9.51. The Morgan fingerprint density at radius 3 is 2.92 bits per heavy atom. The van der Waals surface area contributed by atoms with Crippen molar-refractivity contribution in [1.82, 2.24) is 14.9 Å². The summed E-state index contributed by atoms with van der Waals surface area (Å²) in [6.07, 6.45) is 9.60. The summed E-state index contributed by atoms with van der Waals surface area (Å²) in [5, 5.41) is 3.09. The van der Waals surface area contributed by atoms with Crippen molar-refractivity contribution in [2.24, 2.45) is 24.3 Å². The van der Waals surface area contributed by atoms with E-state index in [0.717, 1.165) is 23.7 Å². The van der Waals surface area contributed by atoms with Gasteiger partial charge in [-0.2, -0.15) is 0 Å². The highest BCUT2D eigenvalue weighted by molar-refractivity contribution is 5.95. The van der Waals surface area contributed by atoms with Crippen LogP contribution in [-0.4, -0.2) is 22.0 Å². The average molecular weight is 349 g/mol. The largest absolute Gasteiger partial charge is 0.352 e. The normalized spacial score (nSPS) is 23.1. The predicted octanol–water partition coefficient (Wildman–Crippen LogP) is 4.20. The first kappa shape index (κ1) is 17.1. The highest BCUT2D eigenvalue weighted by Gasteiger charge is 2.50. The molecule has 4 heteroatoms. The van der Waals surface area contributed by atoms with Gasteiger partial charge in [0, 0.05) is 37.1 Å². The van der Waals surface area contributed by atoms with Crippen LogP contribution in [0.4, 0.5) is 0 Å². The van der Waals surface area contributed by atoms with Crippen molar-refractivity contribution in [2.75, 3.05) is 6.54 Å². The zero-order valence-corrected chi connectivity index (χ0v) is 15.8. The van der Waals surface area contributed by atoms with Crippen molar-refractivity contribution in [3.05, 3.63) is 53.9 Å². The molecule has 1 aromatic carbocycles. The van der Waals surface area contributed by atoms with E-state index in [-0.39, 0.29) is 5.91 Å². The Labute approximate surface area is 155 Å². The highest BCUT2D eigenvalue weighted by atomic mass is 16.1. The molecular formula is C22H27N3O. The van der Waals surface area contributed by atoms with Crippen LogP contribution in [0.25, 0.3) is 11.4 Å². The number of hydrogen-bond donors (Lipinski definition) is 1. The number of nitrogens with zero attached hydrogens (tertiary/aromatic N) is 2. The molecule has 4 nitrogen and oxygen atoms in total. The summed E-state index contributed by atoms with van der Waals surface area (Å²) in [7, 11) is 1.96. The third kappa shape index (κ3) is 2.87. The summed E-state index contributed by atoms with van der Waals surface area (Å²) in [5.41, 5.74) is 3.64. The standard InChI is InChI=1S/C22H27N3O/c1-22(2)18-8-7-15(19(22)14-18)9-10-24-21(26)17-6-4-5-16(13-17)20-23-11-12-25(20)3/h4-7,11-13,18-19H,8-10,14H2,1-3H3,(H,24,26)/t18-,19-/m0/s1. The molecule has 0 spiro atoms. The first-order chi connectivity index (χ1) is 12.5. The molecule has 136 valence electrons. The number of carbonyl (C=O) groups is 1. The van der Waals surface area contributed by atoms with E-state index in [1.54, 1.807) is 11.8 Å². The Morgan fingerprint density at radius 1 is 1.38 bits per heavy atom. The maximum atomic E-state index is 12.6. The van der Waals surface area contributed by atoms with Gasteiger partial charge in [-0.15, -0.1) is 0 Å². The van der Waals surface area contributed by atoms with Gasteiger partial charge in [0.1, 0.15) is 5.82 Å². The van der Waals surface area contributed by atoms with Crippen LogP contribution in [-0.2, 0) is 7.05 Å². The zero-order chi connectivity index (χ0) is 18.3. The molecule has 1 heterocycles. The Bertz CT molecular complexity index is 862. The summed E-state index contributed by atoms with van der Waals surface area (Å²) >= 11 is 0. The molecule has 1 fully saturated rings. The maximum absolute atomic E-state index is 12.6. The topological polar surface area (TPSA) is 46.9 Å². The molecule has 1 aromatic heterocycles. The number of imidazole rings is 1. The smallest absolute Gasteiger partial charge is 0.251 e. The van der Waals surface area contributed by atoms with E-state index in [9.17, 15) is 4.79 Å². The summed E-state index contributed by atoms with van der Waals surface area (Å²) < 4.78 is 1.96. The van der Waals surface area contributed by atoms with E-state index in [1.807, 2.05) is 42.1 Å². The molecule has 1 N–H and O–H groups in total. The second-order valence-electron chi connectivity index (χ2n) is 8.27. The minimum absolute atomic E-state index is 0.0109. The lowest BCUT2D eigenvalue weighted by Crippen LogP contribution is -2.48. The van der Waals surface area contributed by atoms with Crippen molar-refractivity contribution in [3.8, 4) is 11.4 Å².